The fraction of sp³-hybridized carbons (Fsp3) is 0.611. The van der Waals surface area contributed by atoms with Crippen molar-refractivity contribution in [3.8, 4) is 0 Å². The molecule has 1 aromatic rings. The van der Waals surface area contributed by atoms with Crippen LogP contribution in [0.5, 0.6) is 0 Å². The third kappa shape index (κ3) is 4.31. The normalized spacial score (nSPS) is 25.4. The highest BCUT2D eigenvalue weighted by atomic mass is 16.5. The summed E-state index contributed by atoms with van der Waals surface area (Å²) in [7, 11) is 0. The van der Waals surface area contributed by atoms with Gasteiger partial charge >= 0.3 is 0 Å². The summed E-state index contributed by atoms with van der Waals surface area (Å²) in [5, 5.41) is 3.09. The maximum atomic E-state index is 12.5. The molecule has 3 rings (SSSR count). The maximum Gasteiger partial charge on any atom is 0.227 e. The molecule has 1 aliphatic carbocycles. The summed E-state index contributed by atoms with van der Waals surface area (Å²) >= 11 is 0. The van der Waals surface area contributed by atoms with Crippen LogP contribution in [0, 0.1) is 11.8 Å². The third-order valence-electron chi connectivity index (χ3n) is 5.00. The van der Waals surface area contributed by atoms with Gasteiger partial charge in [-0.3, -0.25) is 9.69 Å². The van der Waals surface area contributed by atoms with Gasteiger partial charge in [-0.05, 0) is 43.0 Å². The summed E-state index contributed by atoms with van der Waals surface area (Å²) in [6, 6.07) is 8.18. The number of ether oxygens (including phenoxy) is 1. The Morgan fingerprint density at radius 3 is 2.91 bits per heavy atom. The Balaban J connectivity index is 1.59. The van der Waals surface area contributed by atoms with Crippen molar-refractivity contribution in [2.45, 2.75) is 25.8 Å². The van der Waals surface area contributed by atoms with E-state index in [0.717, 1.165) is 57.8 Å². The first kappa shape index (κ1) is 16.4. The summed E-state index contributed by atoms with van der Waals surface area (Å²) in [6.07, 6.45) is 3.14. The number of nitrogens with two attached hydrogens (primary N) is 1. The van der Waals surface area contributed by atoms with Crippen molar-refractivity contribution in [2.75, 3.05) is 38.2 Å². The number of nitrogens with one attached hydrogen (secondary N) is 1. The van der Waals surface area contributed by atoms with Crippen LogP contribution >= 0.6 is 0 Å². The predicted molar refractivity (Wildman–Crippen MR) is 91.1 cm³/mol. The molecule has 0 unspecified atom stereocenters. The quantitative estimate of drug-likeness (QED) is 0.869. The Kier molecular flexibility index (Phi) is 5.65. The van der Waals surface area contributed by atoms with E-state index in [4.69, 9.17) is 10.5 Å². The molecule has 1 saturated carbocycles. The van der Waals surface area contributed by atoms with Crippen LogP contribution in [0.25, 0.3) is 0 Å². The first-order valence-electron chi connectivity index (χ1n) is 8.66. The van der Waals surface area contributed by atoms with Gasteiger partial charge in [-0.2, -0.15) is 0 Å². The summed E-state index contributed by atoms with van der Waals surface area (Å²) in [5.74, 6) is 0.538. The van der Waals surface area contributed by atoms with Gasteiger partial charge in [0.05, 0.1) is 13.2 Å². The number of benzene rings is 1. The molecule has 1 heterocycles. The molecule has 3 N–H and O–H groups in total. The van der Waals surface area contributed by atoms with Crippen LogP contribution in [0.15, 0.2) is 24.3 Å². The van der Waals surface area contributed by atoms with Gasteiger partial charge in [-0.15, -0.1) is 0 Å². The van der Waals surface area contributed by atoms with Crippen LogP contribution < -0.4 is 11.1 Å². The van der Waals surface area contributed by atoms with Crippen molar-refractivity contribution in [1.29, 1.82) is 0 Å². The van der Waals surface area contributed by atoms with Gasteiger partial charge in [-0.25, -0.2) is 0 Å². The minimum absolute atomic E-state index is 0.0721. The Bertz CT molecular complexity index is 529. The Morgan fingerprint density at radius 1 is 1.30 bits per heavy atom. The third-order valence-corrected chi connectivity index (χ3v) is 5.00. The highest BCUT2D eigenvalue weighted by Gasteiger charge is 2.31. The van der Waals surface area contributed by atoms with Crippen LogP contribution in [0.4, 0.5) is 5.69 Å². The summed E-state index contributed by atoms with van der Waals surface area (Å²) in [6.45, 7) is 5.06. The van der Waals surface area contributed by atoms with E-state index in [9.17, 15) is 4.79 Å². The molecule has 1 saturated heterocycles. The number of carbonyl (C=O) groups is 1. The molecule has 5 nitrogen and oxygen atoms in total. The molecule has 1 aromatic carbocycles. The zero-order valence-corrected chi connectivity index (χ0v) is 13.7. The van der Waals surface area contributed by atoms with Gasteiger partial charge in [-0.1, -0.05) is 18.6 Å². The minimum Gasteiger partial charge on any atom is -0.379 e. The predicted octanol–water partition coefficient (Wildman–Crippen LogP) is 1.83. The molecular weight excluding hydrogens is 290 g/mol. The van der Waals surface area contributed by atoms with Crippen LogP contribution in [0.2, 0.25) is 0 Å². The lowest BCUT2D eigenvalue weighted by molar-refractivity contribution is -0.120. The number of hydrogen-bond donors (Lipinski definition) is 2. The average molecular weight is 317 g/mol. The standard InChI is InChI=1S/C18H27N3O2/c19-12-15-4-2-6-17(15)18(22)20-16-5-1-3-14(11-16)13-21-7-9-23-10-8-21/h1,3,5,11,15,17H,2,4,6-10,12-13,19H2,(H,20,22)/t15-,17-/m1/s1. The van der Waals surface area contributed by atoms with Crippen LogP contribution in [-0.4, -0.2) is 43.7 Å². The Morgan fingerprint density at radius 2 is 2.13 bits per heavy atom. The van der Waals surface area contributed by atoms with Gasteiger partial charge in [0.2, 0.25) is 5.91 Å². The van der Waals surface area contributed by atoms with Crippen LogP contribution in [0.1, 0.15) is 24.8 Å². The van der Waals surface area contributed by atoms with Crippen molar-refractivity contribution in [3.05, 3.63) is 29.8 Å². The minimum atomic E-state index is 0.0721. The number of amides is 1. The molecule has 2 aliphatic rings. The molecular formula is C18H27N3O2. The number of nitrogens with zero attached hydrogens (tertiary/aromatic N) is 1. The monoisotopic (exact) mass is 317 g/mol. The fourth-order valence-corrected chi connectivity index (χ4v) is 3.66. The maximum absolute atomic E-state index is 12.5. The second kappa shape index (κ2) is 7.90. The second-order valence-electron chi connectivity index (χ2n) is 6.61. The van der Waals surface area contributed by atoms with E-state index in [1.54, 1.807) is 0 Å². The van der Waals surface area contributed by atoms with Gasteiger partial charge in [0.25, 0.3) is 0 Å². The largest absolute Gasteiger partial charge is 0.379 e. The molecule has 0 spiro atoms. The van der Waals surface area contributed by atoms with Gasteiger partial charge in [0.1, 0.15) is 0 Å². The van der Waals surface area contributed by atoms with Crippen molar-refractivity contribution in [1.82, 2.24) is 4.90 Å². The molecule has 0 bridgehead atoms. The van der Waals surface area contributed by atoms with Gasteiger partial charge in [0.15, 0.2) is 0 Å². The molecule has 5 heteroatoms. The Labute approximate surface area is 138 Å². The van der Waals surface area contributed by atoms with E-state index < -0.39 is 0 Å². The lowest BCUT2D eigenvalue weighted by atomic mass is 9.95. The van der Waals surface area contributed by atoms with Gasteiger partial charge < -0.3 is 15.8 Å². The van der Waals surface area contributed by atoms with Crippen molar-refractivity contribution >= 4 is 11.6 Å². The summed E-state index contributed by atoms with van der Waals surface area (Å²) in [4.78, 5) is 14.9. The van der Waals surface area contributed by atoms with E-state index in [1.807, 2.05) is 12.1 Å². The fourth-order valence-electron chi connectivity index (χ4n) is 3.66. The molecule has 2 fully saturated rings. The van der Waals surface area contributed by atoms with Crippen molar-refractivity contribution in [3.63, 3.8) is 0 Å². The second-order valence-corrected chi connectivity index (χ2v) is 6.61. The number of carbonyl (C=O) groups excluding carboxylic acids is 1. The molecule has 0 aromatic heterocycles. The van der Waals surface area contributed by atoms with Crippen molar-refractivity contribution < 1.29 is 9.53 Å². The molecule has 1 aliphatic heterocycles. The number of hydrogen-bond acceptors (Lipinski definition) is 4. The zero-order chi connectivity index (χ0) is 16.1. The number of rotatable bonds is 5. The van der Waals surface area contributed by atoms with E-state index >= 15 is 0 Å². The first-order chi connectivity index (χ1) is 11.3. The molecule has 0 radical (unpaired) electrons. The van der Waals surface area contributed by atoms with Crippen LogP contribution in [-0.2, 0) is 16.1 Å². The lowest BCUT2D eigenvalue weighted by Crippen LogP contribution is -2.35. The SMILES string of the molecule is NC[C@H]1CCC[C@H]1C(=O)Nc1cccc(CN2CCOCC2)c1. The first-order valence-corrected chi connectivity index (χ1v) is 8.66. The summed E-state index contributed by atoms with van der Waals surface area (Å²) in [5.41, 5.74) is 7.91. The highest BCUT2D eigenvalue weighted by molar-refractivity contribution is 5.93. The van der Waals surface area contributed by atoms with Crippen LogP contribution in [0.3, 0.4) is 0 Å². The van der Waals surface area contributed by atoms with E-state index in [1.165, 1.54) is 5.56 Å². The molecule has 23 heavy (non-hydrogen) atoms. The average Bonchev–Trinajstić information content (AvgIpc) is 3.05. The van der Waals surface area contributed by atoms with E-state index in [-0.39, 0.29) is 11.8 Å². The number of anilines is 1. The molecule has 2 atom stereocenters. The van der Waals surface area contributed by atoms with E-state index in [0.29, 0.717) is 12.5 Å². The lowest BCUT2D eigenvalue weighted by Gasteiger charge is -2.26. The van der Waals surface area contributed by atoms with E-state index in [2.05, 4.69) is 22.3 Å². The molecule has 126 valence electrons. The van der Waals surface area contributed by atoms with Crippen molar-refractivity contribution in [2.24, 2.45) is 17.6 Å². The number of morpholine rings is 1. The topological polar surface area (TPSA) is 67.6 Å². The highest BCUT2D eigenvalue weighted by Crippen LogP contribution is 2.31. The summed E-state index contributed by atoms with van der Waals surface area (Å²) < 4.78 is 5.38. The Hall–Kier alpha value is -1.43. The molecule has 1 amide bonds. The smallest absolute Gasteiger partial charge is 0.227 e. The van der Waals surface area contributed by atoms with Gasteiger partial charge in [0, 0.05) is 31.2 Å². The zero-order valence-electron chi connectivity index (χ0n) is 13.7.